The summed E-state index contributed by atoms with van der Waals surface area (Å²) in [4.78, 5) is 62.6. The molecule has 0 bridgehead atoms. The van der Waals surface area contributed by atoms with Crippen LogP contribution in [-0.4, -0.2) is 177 Å². The summed E-state index contributed by atoms with van der Waals surface area (Å²) in [7, 11) is 5.08. The number of hydrogen-bond donors (Lipinski definition) is 3. The average molecular weight is 1020 g/mol. The number of carbonyl (C=O) groups is 3. The lowest BCUT2D eigenvalue weighted by molar-refractivity contribution is -0.121. The van der Waals surface area contributed by atoms with E-state index in [1.54, 1.807) is 26.4 Å². The molecule has 4 aliphatic rings. The number of aldehydes is 2. The molecular formula is C55H73F2N11O6. The summed E-state index contributed by atoms with van der Waals surface area (Å²) in [5.74, 6) is -1.56. The number of ether oxygens (including phenoxy) is 2. The molecule has 0 aliphatic carbocycles. The van der Waals surface area contributed by atoms with E-state index >= 15 is 8.78 Å². The van der Waals surface area contributed by atoms with Gasteiger partial charge in [-0.25, -0.2) is 13.6 Å². The molecule has 1 atom stereocenters. The van der Waals surface area contributed by atoms with E-state index < -0.39 is 23.1 Å². The molecule has 0 radical (unpaired) electrons. The lowest BCUT2D eigenvalue weighted by Crippen LogP contribution is -2.49. The molecule has 8 rings (SSSR count). The Morgan fingerprint density at radius 2 is 1.76 bits per heavy atom. The molecule has 398 valence electrons. The van der Waals surface area contributed by atoms with Crippen LogP contribution in [0.25, 0.3) is 11.2 Å². The number of imidazole rings is 1. The number of amidine groups is 1. The van der Waals surface area contributed by atoms with Crippen LogP contribution in [0.4, 0.5) is 14.5 Å². The Hall–Kier alpha value is -6.12. The molecular weight excluding hydrogens is 949 g/mol. The Kier molecular flexibility index (Phi) is 17.6. The van der Waals surface area contributed by atoms with Crippen LogP contribution in [0.2, 0.25) is 0 Å². The number of hydrogen-bond acceptors (Lipinski definition) is 13. The van der Waals surface area contributed by atoms with E-state index in [0.717, 1.165) is 127 Å². The summed E-state index contributed by atoms with van der Waals surface area (Å²) < 4.78 is 45.4. The number of benzene rings is 2. The van der Waals surface area contributed by atoms with Gasteiger partial charge in [0.05, 0.1) is 43.3 Å². The molecule has 3 fully saturated rings. The Bertz CT molecular complexity index is 2730. The highest BCUT2D eigenvalue weighted by Crippen LogP contribution is 2.38. The molecule has 17 nitrogen and oxygen atoms in total. The number of nitrogens with zero attached hydrogens (tertiary/aromatic N) is 8. The Balaban J connectivity index is 0.794. The van der Waals surface area contributed by atoms with E-state index in [2.05, 4.69) is 37.1 Å². The van der Waals surface area contributed by atoms with Crippen molar-refractivity contribution in [2.45, 2.75) is 75.9 Å². The summed E-state index contributed by atoms with van der Waals surface area (Å²) in [5.41, 5.74) is 3.50. The van der Waals surface area contributed by atoms with Crippen molar-refractivity contribution in [3.63, 3.8) is 0 Å². The van der Waals surface area contributed by atoms with Gasteiger partial charge >= 0.3 is 5.69 Å². The van der Waals surface area contributed by atoms with Crippen molar-refractivity contribution in [1.82, 2.24) is 38.8 Å². The fourth-order valence-corrected chi connectivity index (χ4v) is 10.8. The molecule has 0 saturated carbocycles. The summed E-state index contributed by atoms with van der Waals surface area (Å²) in [6.07, 6.45) is 12.1. The zero-order valence-corrected chi connectivity index (χ0v) is 43.4. The zero-order chi connectivity index (χ0) is 52.6. The number of halogens is 2. The number of anilines is 1. The van der Waals surface area contributed by atoms with Gasteiger partial charge in [-0.15, -0.1) is 0 Å². The number of fused-ring (bicyclic) bond motifs is 1. The molecule has 4 aromatic rings. The fourth-order valence-electron chi connectivity index (χ4n) is 10.8. The van der Waals surface area contributed by atoms with Gasteiger partial charge in [0.25, 0.3) is 5.92 Å². The molecule has 1 amide bonds. The molecule has 2 aromatic heterocycles. The number of alkyl halides is 2. The highest BCUT2D eigenvalue weighted by molar-refractivity contribution is 5.89. The SMILES string of the molecule is CNC(=O)CCC(C=O)N(C)Cc1cc(N2CCN(CC3CCN(CCOC4=CCCN(Cc5cc(C(C)(F)F)c6cn(-c7cccc(C8(CC(=N)N(C)C=N)COC8)c7)c(=O)n6c5)C4)CC3)CC2)ccc1C=O. The maximum Gasteiger partial charge on any atom is 0.337 e. The normalized spacial score (nSPS) is 18.4. The monoisotopic (exact) mass is 1020 g/mol. The fraction of sp³-hybridized carbons (Fsp3) is 0.527. The Morgan fingerprint density at radius 3 is 2.43 bits per heavy atom. The number of aromatic nitrogens is 2. The van der Waals surface area contributed by atoms with Gasteiger partial charge in [0.1, 0.15) is 30.8 Å². The smallest absolute Gasteiger partial charge is 0.337 e. The van der Waals surface area contributed by atoms with Gasteiger partial charge in [-0.1, -0.05) is 12.1 Å². The summed E-state index contributed by atoms with van der Waals surface area (Å²) in [5, 5.41) is 18.6. The van der Waals surface area contributed by atoms with E-state index in [1.165, 1.54) is 26.1 Å². The number of carbonyl (C=O) groups excluding carboxylic acids is 3. The second-order valence-electron chi connectivity index (χ2n) is 20.8. The summed E-state index contributed by atoms with van der Waals surface area (Å²) in [6, 6.07) is 14.4. The highest BCUT2D eigenvalue weighted by Gasteiger charge is 2.42. The van der Waals surface area contributed by atoms with Gasteiger partial charge in [-0.2, -0.15) is 0 Å². The van der Waals surface area contributed by atoms with Gasteiger partial charge in [0.15, 0.2) is 0 Å². The van der Waals surface area contributed by atoms with Gasteiger partial charge in [-0.3, -0.25) is 49.0 Å². The van der Waals surface area contributed by atoms with Crippen molar-refractivity contribution in [2.75, 3.05) is 111 Å². The second-order valence-corrected chi connectivity index (χ2v) is 20.8. The van der Waals surface area contributed by atoms with Crippen LogP contribution in [0.1, 0.15) is 78.1 Å². The third kappa shape index (κ3) is 12.9. The zero-order valence-electron chi connectivity index (χ0n) is 43.4. The van der Waals surface area contributed by atoms with Crippen LogP contribution in [0.15, 0.2) is 77.6 Å². The van der Waals surface area contributed by atoms with Gasteiger partial charge in [0.2, 0.25) is 5.91 Å². The maximum absolute atomic E-state index is 15.4. The third-order valence-electron chi connectivity index (χ3n) is 15.5. The molecule has 1 unspecified atom stereocenters. The van der Waals surface area contributed by atoms with Crippen molar-refractivity contribution >= 4 is 41.9 Å². The van der Waals surface area contributed by atoms with Crippen LogP contribution in [0, 0.1) is 16.7 Å². The van der Waals surface area contributed by atoms with E-state index in [1.807, 2.05) is 42.3 Å². The number of pyridine rings is 1. The molecule has 4 aliphatic heterocycles. The minimum absolute atomic E-state index is 0.110. The van der Waals surface area contributed by atoms with Gasteiger partial charge in [-0.05, 0) is 111 Å². The van der Waals surface area contributed by atoms with Crippen molar-refractivity contribution in [3.05, 3.63) is 111 Å². The molecule has 19 heteroatoms. The van der Waals surface area contributed by atoms with Gasteiger partial charge in [0, 0.05) is 127 Å². The van der Waals surface area contributed by atoms with Crippen molar-refractivity contribution in [2.24, 2.45) is 5.92 Å². The molecule has 3 N–H and O–H groups in total. The van der Waals surface area contributed by atoms with E-state index in [-0.39, 0.29) is 29.2 Å². The molecule has 0 spiro atoms. The summed E-state index contributed by atoms with van der Waals surface area (Å²) in [6.45, 7) is 11.9. The van der Waals surface area contributed by atoms with E-state index in [4.69, 9.17) is 20.3 Å². The first-order valence-electron chi connectivity index (χ1n) is 25.9. The second kappa shape index (κ2) is 24.0. The predicted octanol–water partition coefficient (Wildman–Crippen LogP) is 5.35. The van der Waals surface area contributed by atoms with Crippen LogP contribution in [0.3, 0.4) is 0 Å². The number of nitrogens with one attached hydrogen (secondary N) is 3. The minimum Gasteiger partial charge on any atom is -0.496 e. The van der Waals surface area contributed by atoms with E-state index in [0.29, 0.717) is 75.0 Å². The van der Waals surface area contributed by atoms with Crippen molar-refractivity contribution in [1.29, 1.82) is 10.8 Å². The number of piperazine rings is 1. The number of likely N-dealkylation sites (N-methyl/N-ethyl adjacent to an activating group) is 1. The number of piperidine rings is 1. The number of likely N-dealkylation sites (tertiary alicyclic amines) is 1. The Labute approximate surface area is 432 Å². The minimum atomic E-state index is -3.21. The molecule has 74 heavy (non-hydrogen) atoms. The Morgan fingerprint density at radius 1 is 0.986 bits per heavy atom. The first-order chi connectivity index (χ1) is 35.6. The third-order valence-corrected chi connectivity index (χ3v) is 15.5. The van der Waals surface area contributed by atoms with Crippen molar-refractivity contribution < 1.29 is 32.6 Å². The van der Waals surface area contributed by atoms with Crippen LogP contribution >= 0.6 is 0 Å². The molecule has 3 saturated heterocycles. The highest BCUT2D eigenvalue weighted by atomic mass is 19.3. The van der Waals surface area contributed by atoms with Gasteiger partial charge < -0.3 is 29.4 Å². The summed E-state index contributed by atoms with van der Waals surface area (Å²) >= 11 is 0. The van der Waals surface area contributed by atoms with Crippen LogP contribution in [-0.2, 0) is 43.5 Å². The largest absolute Gasteiger partial charge is 0.496 e. The topological polar surface area (TPSA) is 175 Å². The lowest BCUT2D eigenvalue weighted by Gasteiger charge is -2.42. The lowest BCUT2D eigenvalue weighted by atomic mass is 9.75. The molecule has 2 aromatic carbocycles. The molecule has 6 heterocycles. The van der Waals surface area contributed by atoms with Crippen molar-refractivity contribution in [3.8, 4) is 5.69 Å². The maximum atomic E-state index is 15.4. The quantitative estimate of drug-likeness (QED) is 0.0495. The first kappa shape index (κ1) is 54.2. The van der Waals surface area contributed by atoms with E-state index in [9.17, 15) is 19.2 Å². The standard InChI is InChI=1S/C55H73F2N11O6/c1-54(56,57)49-25-41(31-68-50(49)34-67(53(68)72)46-8-5-7-44(27-46)55(37-73-38-55)28-51(59)62(4)39-58)30-65-16-6-9-48(33-65)74-24-23-63-17-14-40(15-18-63)29-64-19-21-66(22-20-64)45-11-10-42(35-69)43(26-45)32-61(3)47(36-70)12-13-52(71)60-2/h5,7-11,25-27,31,34-36,39-40,47,58-59H,6,12-24,28-30,32-33,37-38H2,1-4H3,(H,60,71). The average Bonchev–Trinajstić information content (AvgIpc) is 3.73. The predicted molar refractivity (Wildman–Crippen MR) is 282 cm³/mol. The first-order valence-corrected chi connectivity index (χ1v) is 25.9. The number of rotatable bonds is 23. The number of amides is 1. The van der Waals surface area contributed by atoms with Crippen LogP contribution in [0.5, 0.6) is 0 Å². The van der Waals surface area contributed by atoms with Crippen LogP contribution < -0.4 is 15.9 Å².